The number of methoxy groups -OCH3 is 1. The van der Waals surface area contributed by atoms with Crippen molar-refractivity contribution in [3.8, 4) is 0 Å². The number of carboxylic acids is 1. The predicted octanol–water partition coefficient (Wildman–Crippen LogP) is 2.64. The van der Waals surface area contributed by atoms with Crippen LogP contribution in [0.2, 0.25) is 0 Å². The van der Waals surface area contributed by atoms with E-state index in [1.807, 2.05) is 6.92 Å². The number of carbonyl (C=O) groups is 1. The summed E-state index contributed by atoms with van der Waals surface area (Å²) in [4.78, 5) is 20.5. The van der Waals surface area contributed by atoms with E-state index in [0.717, 1.165) is 35.6 Å². The summed E-state index contributed by atoms with van der Waals surface area (Å²) >= 11 is 0. The minimum absolute atomic E-state index is 0.310. The van der Waals surface area contributed by atoms with Crippen molar-refractivity contribution in [3.05, 3.63) is 22.8 Å². The van der Waals surface area contributed by atoms with Crippen LogP contribution in [0.1, 0.15) is 55.9 Å². The van der Waals surface area contributed by atoms with Gasteiger partial charge in [-0.2, -0.15) is 0 Å². The second-order valence-corrected chi connectivity index (χ2v) is 5.74. The first-order valence-corrected chi connectivity index (χ1v) is 7.62. The number of rotatable bonds is 5. The Kier molecular flexibility index (Phi) is 4.61. The highest BCUT2D eigenvalue weighted by Gasteiger charge is 2.34. The molecule has 0 radical (unpaired) electrons. The van der Waals surface area contributed by atoms with Crippen LogP contribution >= 0.6 is 0 Å². The van der Waals surface area contributed by atoms with Crippen molar-refractivity contribution >= 4 is 5.97 Å². The summed E-state index contributed by atoms with van der Waals surface area (Å²) in [5, 5.41) is 9.19. The molecule has 116 valence electrons. The number of aryl methyl sites for hydroxylation is 2. The summed E-state index contributed by atoms with van der Waals surface area (Å²) in [5.41, 5.74) is 2.46. The Morgan fingerprint density at radius 2 is 2.05 bits per heavy atom. The highest BCUT2D eigenvalue weighted by molar-refractivity contribution is 5.71. The minimum atomic E-state index is -0.725. The van der Waals surface area contributed by atoms with Gasteiger partial charge in [0, 0.05) is 18.5 Å². The largest absolute Gasteiger partial charge is 0.481 e. The third-order valence-electron chi connectivity index (χ3n) is 4.77. The molecule has 5 heteroatoms. The van der Waals surface area contributed by atoms with E-state index in [0.29, 0.717) is 19.3 Å². The summed E-state index contributed by atoms with van der Waals surface area (Å²) in [6.07, 6.45) is 3.52. The van der Waals surface area contributed by atoms with Crippen LogP contribution in [0.4, 0.5) is 0 Å². The molecule has 1 N–H and O–H groups in total. The summed E-state index contributed by atoms with van der Waals surface area (Å²) in [5.74, 6) is -0.298. The number of hydrogen-bond donors (Lipinski definition) is 1. The maximum atomic E-state index is 11.2. The van der Waals surface area contributed by atoms with Crippen molar-refractivity contribution in [2.24, 2.45) is 5.92 Å². The molecule has 1 aliphatic rings. The van der Waals surface area contributed by atoms with Crippen LogP contribution in [0.5, 0.6) is 0 Å². The van der Waals surface area contributed by atoms with E-state index >= 15 is 0 Å². The average Bonchev–Trinajstić information content (AvgIpc) is 2.49. The quantitative estimate of drug-likeness (QED) is 0.903. The zero-order valence-corrected chi connectivity index (χ0v) is 13.3. The molecule has 21 heavy (non-hydrogen) atoms. The second-order valence-electron chi connectivity index (χ2n) is 5.74. The standard InChI is InChI=1S/C16H24N2O3/c1-5-16(6-2,21-4)15-17-10(3)12-9-11(14(19)20)7-8-13(12)18-15/h11H,5-9H2,1-4H3,(H,19,20). The summed E-state index contributed by atoms with van der Waals surface area (Å²) in [7, 11) is 1.70. The van der Waals surface area contributed by atoms with Gasteiger partial charge in [-0.3, -0.25) is 4.79 Å². The van der Waals surface area contributed by atoms with Crippen molar-refractivity contribution in [1.82, 2.24) is 9.97 Å². The Labute approximate surface area is 125 Å². The van der Waals surface area contributed by atoms with Gasteiger partial charge in [-0.05, 0) is 44.6 Å². The van der Waals surface area contributed by atoms with Crippen LogP contribution in [0.25, 0.3) is 0 Å². The third kappa shape index (κ3) is 2.79. The first-order valence-electron chi connectivity index (χ1n) is 7.62. The Bertz CT molecular complexity index is 530. The lowest BCUT2D eigenvalue weighted by molar-refractivity contribution is -0.142. The van der Waals surface area contributed by atoms with Gasteiger partial charge in [0.25, 0.3) is 0 Å². The highest BCUT2D eigenvalue weighted by Crippen LogP contribution is 2.33. The normalized spacial score (nSPS) is 18.4. The maximum Gasteiger partial charge on any atom is 0.306 e. The topological polar surface area (TPSA) is 72.3 Å². The van der Waals surface area contributed by atoms with Crippen LogP contribution < -0.4 is 0 Å². The molecule has 0 spiro atoms. The number of carboxylic acid groups (broad SMARTS) is 1. The van der Waals surface area contributed by atoms with Crippen LogP contribution in [-0.2, 0) is 28.0 Å². The van der Waals surface area contributed by atoms with E-state index in [2.05, 4.69) is 18.8 Å². The number of nitrogens with zero attached hydrogens (tertiary/aromatic N) is 2. The van der Waals surface area contributed by atoms with E-state index in [1.54, 1.807) is 7.11 Å². The Balaban J connectivity index is 2.43. The first-order chi connectivity index (χ1) is 9.97. The lowest BCUT2D eigenvalue weighted by Gasteiger charge is -2.31. The molecular formula is C16H24N2O3. The van der Waals surface area contributed by atoms with Gasteiger partial charge in [0.05, 0.1) is 5.92 Å². The molecule has 5 nitrogen and oxygen atoms in total. The highest BCUT2D eigenvalue weighted by atomic mass is 16.5. The van der Waals surface area contributed by atoms with E-state index in [-0.39, 0.29) is 5.92 Å². The number of ether oxygens (including phenoxy) is 1. The average molecular weight is 292 g/mol. The smallest absolute Gasteiger partial charge is 0.306 e. The van der Waals surface area contributed by atoms with Crippen molar-refractivity contribution in [2.75, 3.05) is 7.11 Å². The second kappa shape index (κ2) is 6.10. The van der Waals surface area contributed by atoms with Crippen LogP contribution in [-0.4, -0.2) is 28.2 Å². The fourth-order valence-electron chi connectivity index (χ4n) is 3.15. The number of fused-ring (bicyclic) bond motifs is 1. The molecule has 1 aliphatic carbocycles. The van der Waals surface area contributed by atoms with Gasteiger partial charge in [-0.15, -0.1) is 0 Å². The summed E-state index contributed by atoms with van der Waals surface area (Å²) in [6, 6.07) is 0. The van der Waals surface area contributed by atoms with Crippen molar-refractivity contribution in [2.45, 2.75) is 58.5 Å². The van der Waals surface area contributed by atoms with Crippen LogP contribution in [0, 0.1) is 12.8 Å². The van der Waals surface area contributed by atoms with Gasteiger partial charge < -0.3 is 9.84 Å². The lowest BCUT2D eigenvalue weighted by atomic mass is 9.85. The summed E-state index contributed by atoms with van der Waals surface area (Å²) in [6.45, 7) is 6.09. The SMILES string of the molecule is CCC(CC)(OC)c1nc(C)c2c(n1)CCC(C(=O)O)C2. The van der Waals surface area contributed by atoms with Gasteiger partial charge in [0.2, 0.25) is 0 Å². The molecule has 0 bridgehead atoms. The molecule has 0 amide bonds. The molecule has 1 unspecified atom stereocenters. The predicted molar refractivity (Wildman–Crippen MR) is 79.2 cm³/mol. The van der Waals surface area contributed by atoms with Gasteiger partial charge in [-0.1, -0.05) is 13.8 Å². The van der Waals surface area contributed by atoms with Gasteiger partial charge in [0.1, 0.15) is 5.60 Å². The van der Waals surface area contributed by atoms with E-state index in [1.165, 1.54) is 0 Å². The lowest BCUT2D eigenvalue weighted by Crippen LogP contribution is -2.32. The molecule has 0 aliphatic heterocycles. The molecule has 0 fully saturated rings. The Morgan fingerprint density at radius 1 is 1.38 bits per heavy atom. The minimum Gasteiger partial charge on any atom is -0.481 e. The van der Waals surface area contributed by atoms with Crippen LogP contribution in [0.15, 0.2) is 0 Å². The molecule has 0 aromatic carbocycles. The van der Waals surface area contributed by atoms with Crippen molar-refractivity contribution < 1.29 is 14.6 Å². The molecule has 1 atom stereocenters. The van der Waals surface area contributed by atoms with E-state index < -0.39 is 11.6 Å². The first kappa shape index (κ1) is 15.9. The van der Waals surface area contributed by atoms with Gasteiger partial charge in [-0.25, -0.2) is 9.97 Å². The molecule has 1 heterocycles. The number of aliphatic carboxylic acids is 1. The van der Waals surface area contributed by atoms with Crippen molar-refractivity contribution in [3.63, 3.8) is 0 Å². The third-order valence-corrected chi connectivity index (χ3v) is 4.77. The molecular weight excluding hydrogens is 268 g/mol. The Hall–Kier alpha value is -1.49. The fraction of sp³-hybridized carbons (Fsp3) is 0.688. The molecule has 0 saturated heterocycles. The van der Waals surface area contributed by atoms with Crippen LogP contribution in [0.3, 0.4) is 0 Å². The number of hydrogen-bond acceptors (Lipinski definition) is 4. The van der Waals surface area contributed by atoms with E-state index in [9.17, 15) is 9.90 Å². The maximum absolute atomic E-state index is 11.2. The van der Waals surface area contributed by atoms with Gasteiger partial charge >= 0.3 is 5.97 Å². The fourth-order valence-corrected chi connectivity index (χ4v) is 3.15. The molecule has 0 saturated carbocycles. The Morgan fingerprint density at radius 3 is 2.57 bits per heavy atom. The summed E-state index contributed by atoms with van der Waals surface area (Å²) < 4.78 is 5.71. The number of aromatic nitrogens is 2. The van der Waals surface area contributed by atoms with Crippen molar-refractivity contribution in [1.29, 1.82) is 0 Å². The van der Waals surface area contributed by atoms with E-state index in [4.69, 9.17) is 9.72 Å². The zero-order chi connectivity index (χ0) is 15.6. The molecule has 1 aromatic rings. The zero-order valence-electron chi connectivity index (χ0n) is 13.3. The molecule has 2 rings (SSSR count). The monoisotopic (exact) mass is 292 g/mol. The molecule has 1 aromatic heterocycles. The van der Waals surface area contributed by atoms with Gasteiger partial charge in [0.15, 0.2) is 5.82 Å².